The van der Waals surface area contributed by atoms with Gasteiger partial charge in [-0.25, -0.2) is 4.39 Å². The first kappa shape index (κ1) is 11.7. The first-order valence-electron chi connectivity index (χ1n) is 5.37. The number of ether oxygens (including phenoxy) is 1. The van der Waals surface area contributed by atoms with Crippen LogP contribution in [0.3, 0.4) is 0 Å². The summed E-state index contributed by atoms with van der Waals surface area (Å²) in [7, 11) is 3.30. The molecule has 1 aliphatic heterocycles. The molecule has 0 aliphatic carbocycles. The van der Waals surface area contributed by atoms with E-state index in [0.29, 0.717) is 12.5 Å². The van der Waals surface area contributed by atoms with E-state index in [9.17, 15) is 4.39 Å². The Morgan fingerprint density at radius 2 is 2.24 bits per heavy atom. The summed E-state index contributed by atoms with van der Waals surface area (Å²) in [6.45, 7) is 2.51. The van der Waals surface area contributed by atoms with Crippen LogP contribution in [0.25, 0.3) is 0 Å². The summed E-state index contributed by atoms with van der Waals surface area (Å²) in [5, 5.41) is 0. The van der Waals surface area contributed by atoms with Gasteiger partial charge in [0, 0.05) is 7.05 Å². The molecule has 2 rings (SSSR count). The van der Waals surface area contributed by atoms with Gasteiger partial charge in [0.05, 0.1) is 19.2 Å². The maximum atomic E-state index is 13.7. The van der Waals surface area contributed by atoms with E-state index in [2.05, 4.69) is 4.99 Å². The predicted octanol–water partition coefficient (Wildman–Crippen LogP) is 1.31. The van der Waals surface area contributed by atoms with Crippen LogP contribution in [0.5, 0.6) is 5.75 Å². The Morgan fingerprint density at radius 3 is 2.71 bits per heavy atom. The average molecular weight is 237 g/mol. The maximum absolute atomic E-state index is 13.7. The zero-order valence-corrected chi connectivity index (χ0v) is 10.2. The van der Waals surface area contributed by atoms with E-state index in [1.807, 2.05) is 24.9 Å². The molecular formula is C12H16FN3O. The molecule has 0 bridgehead atoms. The van der Waals surface area contributed by atoms with E-state index in [1.54, 1.807) is 6.07 Å². The number of nitrogens with zero attached hydrogens (tertiary/aromatic N) is 2. The van der Waals surface area contributed by atoms with E-state index in [-0.39, 0.29) is 11.6 Å². The van der Waals surface area contributed by atoms with Gasteiger partial charge >= 0.3 is 0 Å². The molecule has 1 atom stereocenters. The van der Waals surface area contributed by atoms with E-state index in [1.165, 1.54) is 13.2 Å². The Morgan fingerprint density at radius 1 is 1.53 bits per heavy atom. The van der Waals surface area contributed by atoms with Crippen LogP contribution in [0, 0.1) is 5.82 Å². The van der Waals surface area contributed by atoms with Crippen molar-refractivity contribution in [2.24, 2.45) is 10.7 Å². The molecule has 17 heavy (non-hydrogen) atoms. The van der Waals surface area contributed by atoms with Gasteiger partial charge in [-0.3, -0.25) is 4.99 Å². The second kappa shape index (κ2) is 3.91. The third-order valence-electron chi connectivity index (χ3n) is 3.41. The van der Waals surface area contributed by atoms with Crippen LogP contribution in [-0.4, -0.2) is 31.6 Å². The molecule has 0 saturated carbocycles. The molecule has 0 radical (unpaired) electrons. The van der Waals surface area contributed by atoms with Gasteiger partial charge < -0.3 is 15.4 Å². The molecule has 0 saturated heterocycles. The maximum Gasteiger partial charge on any atom is 0.191 e. The van der Waals surface area contributed by atoms with Crippen LogP contribution in [-0.2, 0) is 5.54 Å². The normalized spacial score (nSPS) is 23.8. The number of hydrogen-bond donors (Lipinski definition) is 1. The van der Waals surface area contributed by atoms with Crippen molar-refractivity contribution in [2.45, 2.75) is 12.5 Å². The highest BCUT2D eigenvalue weighted by atomic mass is 19.1. The Labute approximate surface area is 99.9 Å². The van der Waals surface area contributed by atoms with E-state index in [0.717, 1.165) is 5.56 Å². The van der Waals surface area contributed by atoms with Gasteiger partial charge in [0.15, 0.2) is 17.5 Å². The number of rotatable bonds is 2. The number of aliphatic imine (C=N–C) groups is 1. The lowest BCUT2D eigenvalue weighted by atomic mass is 9.91. The molecule has 0 aromatic heterocycles. The highest BCUT2D eigenvalue weighted by Crippen LogP contribution is 2.33. The number of nitrogens with two attached hydrogens (primary N) is 1. The lowest BCUT2D eigenvalue weighted by Gasteiger charge is -2.33. The largest absolute Gasteiger partial charge is 0.494 e. The monoisotopic (exact) mass is 237 g/mol. The molecule has 0 amide bonds. The Kier molecular flexibility index (Phi) is 2.69. The summed E-state index contributed by atoms with van der Waals surface area (Å²) >= 11 is 0. The van der Waals surface area contributed by atoms with Gasteiger partial charge in [-0.1, -0.05) is 6.07 Å². The summed E-state index contributed by atoms with van der Waals surface area (Å²) < 4.78 is 18.6. The lowest BCUT2D eigenvalue weighted by Crippen LogP contribution is -2.44. The molecule has 1 heterocycles. The third kappa shape index (κ3) is 1.71. The zero-order chi connectivity index (χ0) is 12.6. The molecular weight excluding hydrogens is 221 g/mol. The molecule has 1 unspecified atom stereocenters. The number of benzene rings is 1. The standard InChI is InChI=1S/C12H16FN3O/c1-12(7-15-11(14)16(12)2)8-4-5-10(17-3)9(13)6-8/h4-6H,7H2,1-3H3,(H2,14,15). The summed E-state index contributed by atoms with van der Waals surface area (Å²) in [6.07, 6.45) is 0. The van der Waals surface area contributed by atoms with Crippen molar-refractivity contribution in [3.8, 4) is 5.75 Å². The minimum absolute atomic E-state index is 0.242. The topological polar surface area (TPSA) is 50.9 Å². The van der Waals surface area contributed by atoms with Crippen LogP contribution in [0.15, 0.2) is 23.2 Å². The van der Waals surface area contributed by atoms with E-state index < -0.39 is 5.54 Å². The Bertz CT molecular complexity index is 475. The van der Waals surface area contributed by atoms with E-state index >= 15 is 0 Å². The van der Waals surface area contributed by atoms with Crippen molar-refractivity contribution in [3.05, 3.63) is 29.6 Å². The Balaban J connectivity index is 2.39. The number of likely N-dealkylation sites (N-methyl/N-ethyl adjacent to an activating group) is 1. The molecule has 92 valence electrons. The minimum atomic E-state index is -0.392. The minimum Gasteiger partial charge on any atom is -0.494 e. The molecule has 1 aliphatic rings. The molecule has 0 fully saturated rings. The third-order valence-corrected chi connectivity index (χ3v) is 3.41. The van der Waals surface area contributed by atoms with Gasteiger partial charge in [-0.05, 0) is 24.6 Å². The van der Waals surface area contributed by atoms with Crippen molar-refractivity contribution in [2.75, 3.05) is 20.7 Å². The fourth-order valence-electron chi connectivity index (χ4n) is 1.99. The summed E-state index contributed by atoms with van der Waals surface area (Å²) in [5.74, 6) is 0.348. The van der Waals surface area contributed by atoms with Crippen molar-refractivity contribution >= 4 is 5.96 Å². The highest BCUT2D eigenvalue weighted by Gasteiger charge is 2.37. The first-order valence-corrected chi connectivity index (χ1v) is 5.37. The second-order valence-corrected chi connectivity index (χ2v) is 4.36. The average Bonchev–Trinajstić information content (AvgIpc) is 2.58. The SMILES string of the molecule is COc1ccc(C2(C)CN=C(N)N2C)cc1F. The summed E-state index contributed by atoms with van der Waals surface area (Å²) in [4.78, 5) is 6.04. The van der Waals surface area contributed by atoms with Crippen molar-refractivity contribution < 1.29 is 9.13 Å². The van der Waals surface area contributed by atoms with Gasteiger partial charge in [-0.2, -0.15) is 0 Å². The fourth-order valence-corrected chi connectivity index (χ4v) is 1.99. The van der Waals surface area contributed by atoms with Gasteiger partial charge in [-0.15, -0.1) is 0 Å². The van der Waals surface area contributed by atoms with E-state index in [4.69, 9.17) is 10.5 Å². The number of hydrogen-bond acceptors (Lipinski definition) is 4. The van der Waals surface area contributed by atoms with Crippen LogP contribution in [0.2, 0.25) is 0 Å². The van der Waals surface area contributed by atoms with Gasteiger partial charge in [0.25, 0.3) is 0 Å². The zero-order valence-electron chi connectivity index (χ0n) is 10.2. The van der Waals surface area contributed by atoms with Crippen molar-refractivity contribution in [3.63, 3.8) is 0 Å². The van der Waals surface area contributed by atoms with Crippen molar-refractivity contribution in [1.29, 1.82) is 0 Å². The van der Waals surface area contributed by atoms with Gasteiger partial charge in [0.2, 0.25) is 0 Å². The van der Waals surface area contributed by atoms with Crippen LogP contribution < -0.4 is 10.5 Å². The molecule has 4 nitrogen and oxygen atoms in total. The van der Waals surface area contributed by atoms with Crippen molar-refractivity contribution in [1.82, 2.24) is 4.90 Å². The second-order valence-electron chi connectivity index (χ2n) is 4.36. The smallest absolute Gasteiger partial charge is 0.191 e. The lowest BCUT2D eigenvalue weighted by molar-refractivity contribution is 0.265. The first-order chi connectivity index (χ1) is 7.99. The highest BCUT2D eigenvalue weighted by molar-refractivity contribution is 5.81. The molecule has 1 aromatic rings. The van der Waals surface area contributed by atoms with Crippen LogP contribution in [0.1, 0.15) is 12.5 Å². The molecule has 2 N–H and O–H groups in total. The fraction of sp³-hybridized carbons (Fsp3) is 0.417. The quantitative estimate of drug-likeness (QED) is 0.843. The number of methoxy groups -OCH3 is 1. The summed E-state index contributed by atoms with van der Waals surface area (Å²) in [5.41, 5.74) is 6.19. The summed E-state index contributed by atoms with van der Waals surface area (Å²) in [6, 6.07) is 4.94. The predicted molar refractivity (Wildman–Crippen MR) is 64.6 cm³/mol. The van der Waals surface area contributed by atoms with Crippen LogP contribution >= 0.6 is 0 Å². The number of halogens is 1. The molecule has 1 aromatic carbocycles. The molecule has 5 heteroatoms. The number of guanidine groups is 1. The van der Waals surface area contributed by atoms with Crippen LogP contribution in [0.4, 0.5) is 4.39 Å². The van der Waals surface area contributed by atoms with Gasteiger partial charge in [0.1, 0.15) is 0 Å². The molecule has 0 spiro atoms. The Hall–Kier alpha value is -1.78.